The lowest BCUT2D eigenvalue weighted by atomic mass is 10.1. The lowest BCUT2D eigenvalue weighted by molar-refractivity contribution is 0.0314. The van der Waals surface area contributed by atoms with Gasteiger partial charge in [0.2, 0.25) is 0 Å². The Balaban J connectivity index is 2.94. The summed E-state index contributed by atoms with van der Waals surface area (Å²) in [5, 5.41) is 9.84. The van der Waals surface area contributed by atoms with Crippen molar-refractivity contribution in [2.45, 2.75) is 26.4 Å². The number of rotatable bonds is 5. The van der Waals surface area contributed by atoms with E-state index >= 15 is 0 Å². The van der Waals surface area contributed by atoms with Crippen molar-refractivity contribution >= 4 is 11.7 Å². The molecule has 5 heteroatoms. The van der Waals surface area contributed by atoms with Crippen LogP contribution in [0.5, 0.6) is 0 Å². The highest BCUT2D eigenvalue weighted by atomic mass is 16.3. The normalized spacial score (nSPS) is 11.3. The number of nitrogens with zero attached hydrogens (tertiary/aromatic N) is 3. The molecule has 1 amide bonds. The largest absolute Gasteiger partial charge is 0.389 e. The van der Waals surface area contributed by atoms with Gasteiger partial charge >= 0.3 is 0 Å². The van der Waals surface area contributed by atoms with Gasteiger partial charge in [-0.3, -0.25) is 4.79 Å². The van der Waals surface area contributed by atoms with E-state index in [4.69, 9.17) is 0 Å². The predicted molar refractivity (Wildman–Crippen MR) is 76.4 cm³/mol. The molecular weight excluding hydrogens is 242 g/mol. The van der Waals surface area contributed by atoms with Crippen molar-refractivity contribution < 1.29 is 9.90 Å². The van der Waals surface area contributed by atoms with Crippen LogP contribution >= 0.6 is 0 Å². The van der Waals surface area contributed by atoms with Crippen LogP contribution in [0.2, 0.25) is 0 Å². The predicted octanol–water partition coefficient (Wildman–Crippen LogP) is 1.38. The summed E-state index contributed by atoms with van der Waals surface area (Å²) in [4.78, 5) is 20.1. The standard InChI is InChI=1S/C14H23N3O2/c1-6-17(10-14(2,3)19)13(18)11-7-8-15-12(9-11)16(4)5/h7-9,19H,6,10H2,1-5H3. The third kappa shape index (κ3) is 4.52. The summed E-state index contributed by atoms with van der Waals surface area (Å²) in [7, 11) is 3.76. The van der Waals surface area contributed by atoms with Crippen molar-refractivity contribution in [3.05, 3.63) is 23.9 Å². The van der Waals surface area contributed by atoms with Crippen molar-refractivity contribution in [1.82, 2.24) is 9.88 Å². The lowest BCUT2D eigenvalue weighted by Crippen LogP contribution is -2.42. The third-order valence-corrected chi connectivity index (χ3v) is 2.70. The van der Waals surface area contributed by atoms with Gasteiger partial charge in [-0.1, -0.05) is 0 Å². The molecule has 0 unspecified atom stereocenters. The van der Waals surface area contributed by atoms with Gasteiger partial charge in [0.25, 0.3) is 5.91 Å². The molecule has 0 aliphatic carbocycles. The van der Waals surface area contributed by atoms with Crippen LogP contribution in [0.1, 0.15) is 31.1 Å². The number of likely N-dealkylation sites (N-methyl/N-ethyl adjacent to an activating group) is 1. The number of carbonyl (C=O) groups is 1. The van der Waals surface area contributed by atoms with Crippen LogP contribution in [-0.2, 0) is 0 Å². The summed E-state index contributed by atoms with van der Waals surface area (Å²) in [6, 6.07) is 3.46. The maximum Gasteiger partial charge on any atom is 0.254 e. The Labute approximate surface area is 114 Å². The first kappa shape index (κ1) is 15.4. The minimum atomic E-state index is -0.900. The van der Waals surface area contributed by atoms with Crippen molar-refractivity contribution in [2.75, 3.05) is 32.1 Å². The van der Waals surface area contributed by atoms with Gasteiger partial charge in [0.1, 0.15) is 5.82 Å². The van der Waals surface area contributed by atoms with E-state index in [1.54, 1.807) is 37.1 Å². The van der Waals surface area contributed by atoms with Crippen LogP contribution in [0, 0.1) is 0 Å². The molecule has 0 bridgehead atoms. The molecule has 1 N–H and O–H groups in total. The fraction of sp³-hybridized carbons (Fsp3) is 0.571. The summed E-state index contributed by atoms with van der Waals surface area (Å²) in [6.07, 6.45) is 1.63. The molecule has 0 spiro atoms. The average molecular weight is 265 g/mol. The van der Waals surface area contributed by atoms with E-state index in [1.165, 1.54) is 0 Å². The van der Waals surface area contributed by atoms with E-state index in [0.717, 1.165) is 5.82 Å². The van der Waals surface area contributed by atoms with E-state index in [9.17, 15) is 9.90 Å². The molecule has 0 radical (unpaired) electrons. The van der Waals surface area contributed by atoms with Gasteiger partial charge in [0, 0.05) is 38.9 Å². The van der Waals surface area contributed by atoms with Gasteiger partial charge in [0.15, 0.2) is 0 Å². The van der Waals surface area contributed by atoms with Gasteiger partial charge in [0.05, 0.1) is 5.60 Å². The number of hydrogen-bond acceptors (Lipinski definition) is 4. The molecule has 1 aromatic heterocycles. The van der Waals surface area contributed by atoms with Crippen LogP contribution in [0.4, 0.5) is 5.82 Å². The highest BCUT2D eigenvalue weighted by Gasteiger charge is 2.22. The topological polar surface area (TPSA) is 56.7 Å². The zero-order chi connectivity index (χ0) is 14.6. The quantitative estimate of drug-likeness (QED) is 0.874. The van der Waals surface area contributed by atoms with E-state index in [1.807, 2.05) is 25.9 Å². The molecule has 1 rings (SSSR count). The highest BCUT2D eigenvalue weighted by Crippen LogP contribution is 2.14. The Bertz CT molecular complexity index is 439. The Hall–Kier alpha value is -1.62. The van der Waals surface area contributed by atoms with E-state index < -0.39 is 5.60 Å². The Morgan fingerprint density at radius 2 is 2.05 bits per heavy atom. The first-order chi connectivity index (χ1) is 8.74. The van der Waals surface area contributed by atoms with Crippen molar-refractivity contribution in [3.8, 4) is 0 Å². The molecule has 0 aromatic carbocycles. The molecule has 0 saturated carbocycles. The van der Waals surface area contributed by atoms with Crippen molar-refractivity contribution in [3.63, 3.8) is 0 Å². The van der Waals surface area contributed by atoms with Crippen LogP contribution in [-0.4, -0.2) is 53.7 Å². The van der Waals surface area contributed by atoms with Crippen LogP contribution in [0.25, 0.3) is 0 Å². The average Bonchev–Trinajstić information content (AvgIpc) is 2.34. The molecule has 19 heavy (non-hydrogen) atoms. The van der Waals surface area contributed by atoms with E-state index in [-0.39, 0.29) is 5.91 Å². The summed E-state index contributed by atoms with van der Waals surface area (Å²) in [5.74, 6) is 0.653. The summed E-state index contributed by atoms with van der Waals surface area (Å²) in [5.41, 5.74) is -0.312. The van der Waals surface area contributed by atoms with Gasteiger partial charge in [-0.2, -0.15) is 0 Å². The summed E-state index contributed by atoms with van der Waals surface area (Å²) >= 11 is 0. The van der Waals surface area contributed by atoms with Gasteiger partial charge in [-0.05, 0) is 32.9 Å². The second kappa shape index (κ2) is 6.02. The van der Waals surface area contributed by atoms with Crippen LogP contribution in [0.3, 0.4) is 0 Å². The highest BCUT2D eigenvalue weighted by molar-refractivity contribution is 5.94. The molecule has 1 heterocycles. The second-order valence-corrected chi connectivity index (χ2v) is 5.43. The third-order valence-electron chi connectivity index (χ3n) is 2.70. The summed E-state index contributed by atoms with van der Waals surface area (Å²) < 4.78 is 0. The smallest absolute Gasteiger partial charge is 0.254 e. The van der Waals surface area contributed by atoms with Crippen molar-refractivity contribution in [2.24, 2.45) is 0 Å². The number of carbonyl (C=O) groups excluding carboxylic acids is 1. The van der Waals surface area contributed by atoms with Gasteiger partial charge in [-0.25, -0.2) is 4.98 Å². The van der Waals surface area contributed by atoms with Crippen molar-refractivity contribution in [1.29, 1.82) is 0 Å². The molecule has 0 saturated heterocycles. The maximum atomic E-state index is 12.4. The Morgan fingerprint density at radius 1 is 1.42 bits per heavy atom. The first-order valence-electron chi connectivity index (χ1n) is 6.39. The molecule has 0 fully saturated rings. The zero-order valence-corrected chi connectivity index (χ0v) is 12.3. The molecule has 1 aromatic rings. The Kier molecular flexibility index (Phi) is 4.89. The minimum Gasteiger partial charge on any atom is -0.389 e. The fourth-order valence-electron chi connectivity index (χ4n) is 1.77. The number of anilines is 1. The molecule has 0 aliphatic rings. The maximum absolute atomic E-state index is 12.4. The molecule has 5 nitrogen and oxygen atoms in total. The monoisotopic (exact) mass is 265 g/mol. The van der Waals surface area contributed by atoms with Crippen LogP contribution in [0.15, 0.2) is 18.3 Å². The molecular formula is C14H23N3O2. The molecule has 106 valence electrons. The second-order valence-electron chi connectivity index (χ2n) is 5.43. The lowest BCUT2D eigenvalue weighted by Gasteiger charge is -2.28. The number of amides is 1. The van der Waals surface area contributed by atoms with E-state index in [0.29, 0.717) is 18.7 Å². The van der Waals surface area contributed by atoms with Crippen LogP contribution < -0.4 is 4.90 Å². The summed E-state index contributed by atoms with van der Waals surface area (Å²) in [6.45, 7) is 6.16. The number of aromatic nitrogens is 1. The van der Waals surface area contributed by atoms with E-state index in [2.05, 4.69) is 4.98 Å². The molecule has 0 aliphatic heterocycles. The SMILES string of the molecule is CCN(CC(C)(C)O)C(=O)c1ccnc(N(C)C)c1. The Morgan fingerprint density at radius 3 is 2.53 bits per heavy atom. The number of hydrogen-bond donors (Lipinski definition) is 1. The van der Waals surface area contributed by atoms with Gasteiger partial charge in [-0.15, -0.1) is 0 Å². The zero-order valence-electron chi connectivity index (χ0n) is 12.3. The fourth-order valence-corrected chi connectivity index (χ4v) is 1.77. The van der Waals surface area contributed by atoms with Gasteiger partial charge < -0.3 is 14.9 Å². The first-order valence-corrected chi connectivity index (χ1v) is 6.39. The number of aliphatic hydroxyl groups is 1. The molecule has 0 atom stereocenters. The minimum absolute atomic E-state index is 0.0878. The number of pyridine rings is 1.